The second kappa shape index (κ2) is 6.39. The Morgan fingerprint density at radius 2 is 2.24 bits per heavy atom. The van der Waals surface area contributed by atoms with Crippen molar-refractivity contribution >= 4 is 23.9 Å². The number of hydrogen-bond acceptors (Lipinski definition) is 5. The maximum atomic E-state index is 11.8. The molecule has 2 rings (SSSR count). The fourth-order valence-corrected chi connectivity index (χ4v) is 2.25. The van der Waals surface area contributed by atoms with Crippen molar-refractivity contribution in [3.63, 3.8) is 0 Å². The first kappa shape index (κ1) is 15.0. The molecule has 1 atom stereocenters. The molecule has 1 unspecified atom stereocenters. The molecular formula is C15H17NO5. The number of esters is 1. The summed E-state index contributed by atoms with van der Waals surface area (Å²) >= 11 is 0. The minimum atomic E-state index is -0.456. The van der Waals surface area contributed by atoms with E-state index < -0.39 is 6.10 Å². The predicted molar refractivity (Wildman–Crippen MR) is 75.5 cm³/mol. The van der Waals surface area contributed by atoms with E-state index in [1.54, 1.807) is 25.1 Å². The van der Waals surface area contributed by atoms with Crippen LogP contribution in [0.25, 0.3) is 0 Å². The van der Waals surface area contributed by atoms with E-state index >= 15 is 0 Å². The van der Waals surface area contributed by atoms with Crippen LogP contribution in [0.5, 0.6) is 5.75 Å². The van der Waals surface area contributed by atoms with Crippen LogP contribution in [0.4, 0.5) is 5.69 Å². The van der Waals surface area contributed by atoms with Crippen molar-refractivity contribution in [2.24, 2.45) is 0 Å². The molecule has 0 fully saturated rings. The van der Waals surface area contributed by atoms with E-state index in [2.05, 4.69) is 0 Å². The Bertz CT molecular complexity index is 569. The Morgan fingerprint density at radius 3 is 2.86 bits per heavy atom. The molecular weight excluding hydrogens is 274 g/mol. The third-order valence-electron chi connectivity index (χ3n) is 3.17. The van der Waals surface area contributed by atoms with Gasteiger partial charge in [-0.2, -0.15) is 0 Å². The van der Waals surface area contributed by atoms with Crippen LogP contribution < -0.4 is 9.64 Å². The van der Waals surface area contributed by atoms with Gasteiger partial charge in [0.25, 0.3) is 0 Å². The summed E-state index contributed by atoms with van der Waals surface area (Å²) in [4.78, 5) is 35.7. The van der Waals surface area contributed by atoms with E-state index in [9.17, 15) is 14.4 Å². The van der Waals surface area contributed by atoms with Gasteiger partial charge in [-0.3, -0.25) is 14.4 Å². The highest BCUT2D eigenvalue weighted by Crippen LogP contribution is 2.34. The van der Waals surface area contributed by atoms with Crippen LogP contribution in [0.1, 0.15) is 30.6 Å². The highest BCUT2D eigenvalue weighted by molar-refractivity contribution is 5.95. The number of benzene rings is 1. The van der Waals surface area contributed by atoms with Gasteiger partial charge in [-0.05, 0) is 25.1 Å². The van der Waals surface area contributed by atoms with E-state index in [0.29, 0.717) is 29.9 Å². The van der Waals surface area contributed by atoms with Crippen LogP contribution in [-0.2, 0) is 14.3 Å². The Hall–Kier alpha value is -2.37. The van der Waals surface area contributed by atoms with E-state index in [1.165, 1.54) is 11.8 Å². The average Bonchev–Trinajstić information content (AvgIpc) is 2.46. The molecule has 21 heavy (non-hydrogen) atoms. The van der Waals surface area contributed by atoms with Crippen LogP contribution in [0.2, 0.25) is 0 Å². The van der Waals surface area contributed by atoms with Crippen LogP contribution in [-0.4, -0.2) is 37.4 Å². The lowest BCUT2D eigenvalue weighted by Gasteiger charge is -2.34. The molecule has 0 aliphatic carbocycles. The topological polar surface area (TPSA) is 72.9 Å². The highest BCUT2D eigenvalue weighted by Gasteiger charge is 2.30. The maximum Gasteiger partial charge on any atom is 0.309 e. The smallest absolute Gasteiger partial charge is 0.309 e. The first-order valence-electron chi connectivity index (χ1n) is 6.74. The Morgan fingerprint density at radius 1 is 1.48 bits per heavy atom. The number of aldehydes is 1. The molecule has 0 aromatic heterocycles. The number of amides is 1. The van der Waals surface area contributed by atoms with Gasteiger partial charge in [0.1, 0.15) is 18.1 Å². The van der Waals surface area contributed by atoms with Crippen LogP contribution in [0, 0.1) is 0 Å². The first-order chi connectivity index (χ1) is 10.0. The zero-order valence-corrected chi connectivity index (χ0v) is 12.0. The molecule has 1 aromatic carbocycles. The average molecular weight is 291 g/mol. The molecule has 0 spiro atoms. The molecule has 112 valence electrons. The number of nitrogens with zero attached hydrogens (tertiary/aromatic N) is 1. The number of ether oxygens (including phenoxy) is 2. The second-order valence-electron chi connectivity index (χ2n) is 4.72. The molecule has 1 aromatic rings. The van der Waals surface area contributed by atoms with Crippen molar-refractivity contribution in [3.8, 4) is 5.75 Å². The largest absolute Gasteiger partial charge is 0.486 e. The molecule has 6 heteroatoms. The zero-order valence-electron chi connectivity index (χ0n) is 12.0. The van der Waals surface area contributed by atoms with E-state index in [4.69, 9.17) is 9.47 Å². The van der Waals surface area contributed by atoms with E-state index in [-0.39, 0.29) is 24.8 Å². The van der Waals surface area contributed by atoms with Crippen molar-refractivity contribution in [1.29, 1.82) is 0 Å². The zero-order chi connectivity index (χ0) is 15.4. The number of carbonyl (C=O) groups is 3. The van der Waals surface area contributed by atoms with Crippen molar-refractivity contribution < 1.29 is 23.9 Å². The molecule has 1 aliphatic heterocycles. The minimum Gasteiger partial charge on any atom is -0.486 e. The number of fused-ring (bicyclic) bond motifs is 1. The second-order valence-corrected chi connectivity index (χ2v) is 4.72. The molecule has 1 amide bonds. The summed E-state index contributed by atoms with van der Waals surface area (Å²) in [6.45, 7) is 3.73. The van der Waals surface area contributed by atoms with Gasteiger partial charge in [0.15, 0.2) is 0 Å². The molecule has 0 bridgehead atoms. The molecule has 0 N–H and O–H groups in total. The third-order valence-corrected chi connectivity index (χ3v) is 3.17. The van der Waals surface area contributed by atoms with Gasteiger partial charge in [0, 0.05) is 12.5 Å². The SMILES string of the molecule is CCOC(=O)CC1CN(C(C)=O)c2cc(C=O)ccc2O1. The number of hydrogen-bond donors (Lipinski definition) is 0. The predicted octanol–water partition coefficient (Wildman–Crippen LogP) is 1.57. The van der Waals surface area contributed by atoms with Crippen molar-refractivity contribution in [2.45, 2.75) is 26.4 Å². The van der Waals surface area contributed by atoms with Gasteiger partial charge in [-0.15, -0.1) is 0 Å². The lowest BCUT2D eigenvalue weighted by atomic mass is 10.1. The van der Waals surface area contributed by atoms with Gasteiger partial charge in [-0.1, -0.05) is 0 Å². The summed E-state index contributed by atoms with van der Waals surface area (Å²) in [6.07, 6.45) is 0.332. The van der Waals surface area contributed by atoms with Crippen molar-refractivity contribution in [1.82, 2.24) is 0 Å². The summed E-state index contributed by atoms with van der Waals surface area (Å²) in [5, 5.41) is 0. The molecule has 1 aliphatic rings. The Labute approximate surface area is 122 Å². The molecule has 0 radical (unpaired) electrons. The third kappa shape index (κ3) is 3.39. The van der Waals surface area contributed by atoms with Gasteiger partial charge >= 0.3 is 5.97 Å². The molecule has 0 saturated heterocycles. The van der Waals surface area contributed by atoms with E-state index in [0.717, 1.165) is 0 Å². The van der Waals surface area contributed by atoms with Crippen molar-refractivity contribution in [3.05, 3.63) is 23.8 Å². The minimum absolute atomic E-state index is 0.0759. The highest BCUT2D eigenvalue weighted by atomic mass is 16.5. The first-order valence-corrected chi connectivity index (χ1v) is 6.74. The monoisotopic (exact) mass is 291 g/mol. The summed E-state index contributed by atoms with van der Waals surface area (Å²) in [7, 11) is 0. The quantitative estimate of drug-likeness (QED) is 0.622. The summed E-state index contributed by atoms with van der Waals surface area (Å²) in [6, 6.07) is 4.84. The van der Waals surface area contributed by atoms with E-state index in [1.807, 2.05) is 0 Å². The maximum absolute atomic E-state index is 11.8. The molecule has 6 nitrogen and oxygen atoms in total. The summed E-state index contributed by atoms with van der Waals surface area (Å²) < 4.78 is 10.6. The molecule has 1 heterocycles. The summed E-state index contributed by atoms with van der Waals surface area (Å²) in [5.41, 5.74) is 1.01. The number of anilines is 1. The Kier molecular flexibility index (Phi) is 4.57. The lowest BCUT2D eigenvalue weighted by Crippen LogP contribution is -2.43. The van der Waals surface area contributed by atoms with Gasteiger partial charge in [-0.25, -0.2) is 0 Å². The number of carbonyl (C=O) groups excluding carboxylic acids is 3. The van der Waals surface area contributed by atoms with Gasteiger partial charge in [0.2, 0.25) is 5.91 Å². The lowest BCUT2D eigenvalue weighted by molar-refractivity contribution is -0.145. The fourth-order valence-electron chi connectivity index (χ4n) is 2.25. The Balaban J connectivity index is 2.24. The van der Waals surface area contributed by atoms with Gasteiger partial charge in [0.05, 0.1) is 25.3 Å². The van der Waals surface area contributed by atoms with Gasteiger partial charge < -0.3 is 14.4 Å². The van der Waals surface area contributed by atoms with Crippen LogP contribution in [0.15, 0.2) is 18.2 Å². The fraction of sp³-hybridized carbons (Fsp3) is 0.400. The van der Waals surface area contributed by atoms with Crippen molar-refractivity contribution in [2.75, 3.05) is 18.1 Å². The number of rotatable bonds is 4. The normalized spacial score (nSPS) is 16.7. The van der Waals surface area contributed by atoms with Crippen LogP contribution >= 0.6 is 0 Å². The standard InChI is InChI=1S/C15H17NO5/c1-3-20-15(19)7-12-8-16(10(2)18)13-6-11(9-17)4-5-14(13)21-12/h4-6,9,12H,3,7-8H2,1-2H3. The summed E-state index contributed by atoms with van der Waals surface area (Å²) in [5.74, 6) is -0.0493. The molecule has 0 saturated carbocycles. The van der Waals surface area contributed by atoms with Crippen LogP contribution in [0.3, 0.4) is 0 Å².